The molecule has 110 valence electrons. The summed E-state index contributed by atoms with van der Waals surface area (Å²) in [6.45, 7) is 1.48. The van der Waals surface area contributed by atoms with Crippen molar-refractivity contribution in [3.05, 3.63) is 41.1 Å². The van der Waals surface area contributed by atoms with Crippen LogP contribution < -0.4 is 9.64 Å². The van der Waals surface area contributed by atoms with Gasteiger partial charge in [-0.3, -0.25) is 0 Å². The Morgan fingerprint density at radius 1 is 1.29 bits per heavy atom. The fourth-order valence-electron chi connectivity index (χ4n) is 1.60. The number of halogens is 1. The highest BCUT2D eigenvalue weighted by molar-refractivity contribution is 9.10. The largest absolute Gasteiger partial charge is 0.479 e. The normalized spacial score (nSPS) is 11.8. The van der Waals surface area contributed by atoms with Crippen molar-refractivity contribution >= 4 is 33.5 Å². The molecule has 1 heterocycles. The van der Waals surface area contributed by atoms with Gasteiger partial charge in [0.1, 0.15) is 5.75 Å². The van der Waals surface area contributed by atoms with Gasteiger partial charge in [-0.05, 0) is 47.1 Å². The molecule has 0 aliphatic rings. The number of anilines is 2. The van der Waals surface area contributed by atoms with Crippen LogP contribution in [0.25, 0.3) is 0 Å². The summed E-state index contributed by atoms with van der Waals surface area (Å²) in [6, 6.07) is 7.05. The Kier molecular flexibility index (Phi) is 4.74. The Labute approximate surface area is 130 Å². The minimum absolute atomic E-state index is 0.499. The summed E-state index contributed by atoms with van der Waals surface area (Å²) < 4.78 is 6.09. The molecule has 1 N–H and O–H groups in total. The number of nitrogens with zero attached hydrogens (tertiary/aromatic N) is 3. The number of ether oxygens (including phenoxy) is 1. The van der Waals surface area contributed by atoms with Crippen molar-refractivity contribution in [3.8, 4) is 5.75 Å². The number of hydrogen-bond acceptors (Lipinski definition) is 5. The Hall–Kier alpha value is -2.15. The van der Waals surface area contributed by atoms with E-state index in [1.54, 1.807) is 24.5 Å². The molecule has 0 bridgehead atoms. The quantitative estimate of drug-likeness (QED) is 0.892. The van der Waals surface area contributed by atoms with Gasteiger partial charge in [-0.1, -0.05) is 0 Å². The number of hydrogen-bond donors (Lipinski definition) is 1. The van der Waals surface area contributed by atoms with Crippen LogP contribution in [0.1, 0.15) is 6.92 Å². The highest BCUT2D eigenvalue weighted by Gasteiger charge is 2.13. The molecule has 6 nitrogen and oxygen atoms in total. The summed E-state index contributed by atoms with van der Waals surface area (Å²) in [5.41, 5.74) is 0.868. The summed E-state index contributed by atoms with van der Waals surface area (Å²) in [5.74, 6) is 0.0593. The molecule has 0 saturated carbocycles. The van der Waals surface area contributed by atoms with Gasteiger partial charge in [0.25, 0.3) is 0 Å². The van der Waals surface area contributed by atoms with E-state index in [-0.39, 0.29) is 0 Å². The van der Waals surface area contributed by atoms with Crippen LogP contribution in [0.5, 0.6) is 5.75 Å². The molecule has 7 heteroatoms. The Morgan fingerprint density at radius 2 is 1.86 bits per heavy atom. The van der Waals surface area contributed by atoms with Gasteiger partial charge < -0.3 is 14.7 Å². The van der Waals surface area contributed by atoms with E-state index in [1.165, 1.54) is 6.92 Å². The van der Waals surface area contributed by atoms with E-state index in [1.807, 2.05) is 24.1 Å². The van der Waals surface area contributed by atoms with E-state index < -0.39 is 12.1 Å². The second kappa shape index (κ2) is 6.53. The molecule has 21 heavy (non-hydrogen) atoms. The third-order valence-electron chi connectivity index (χ3n) is 2.79. The molecule has 1 aromatic carbocycles. The predicted molar refractivity (Wildman–Crippen MR) is 82.0 cm³/mol. The Bertz CT molecular complexity index is 616. The molecular weight excluding hydrogens is 338 g/mol. The van der Waals surface area contributed by atoms with Gasteiger partial charge >= 0.3 is 5.97 Å². The molecule has 0 amide bonds. The maximum Gasteiger partial charge on any atom is 0.344 e. The van der Waals surface area contributed by atoms with Crippen LogP contribution >= 0.6 is 15.9 Å². The van der Waals surface area contributed by atoms with E-state index >= 15 is 0 Å². The summed E-state index contributed by atoms with van der Waals surface area (Å²) >= 11 is 3.29. The van der Waals surface area contributed by atoms with E-state index in [4.69, 9.17) is 9.84 Å². The average molecular weight is 352 g/mol. The molecule has 1 atom stereocenters. The third kappa shape index (κ3) is 3.91. The third-order valence-corrected chi connectivity index (χ3v) is 3.20. The number of carbonyl (C=O) groups is 1. The highest BCUT2D eigenvalue weighted by Crippen LogP contribution is 2.23. The Balaban J connectivity index is 2.11. The maximum atomic E-state index is 10.7. The first kappa shape index (κ1) is 15.2. The SMILES string of the molecule is CC(Oc1ccc(N(C)c2ncc(Br)cn2)cc1)C(=O)O. The fourth-order valence-corrected chi connectivity index (χ4v) is 1.80. The van der Waals surface area contributed by atoms with Gasteiger partial charge in [0.05, 0.1) is 4.47 Å². The molecule has 2 rings (SSSR count). The topological polar surface area (TPSA) is 75.5 Å². The summed E-state index contributed by atoms with van der Waals surface area (Å²) in [7, 11) is 1.85. The predicted octanol–water partition coefficient (Wildman–Crippen LogP) is 2.86. The summed E-state index contributed by atoms with van der Waals surface area (Å²) in [4.78, 5) is 21.0. The van der Waals surface area contributed by atoms with Crippen molar-refractivity contribution in [3.63, 3.8) is 0 Å². The van der Waals surface area contributed by atoms with Gasteiger partial charge in [0.2, 0.25) is 5.95 Å². The number of aliphatic carboxylic acids is 1. The molecule has 1 unspecified atom stereocenters. The van der Waals surface area contributed by atoms with Gasteiger partial charge in [-0.2, -0.15) is 0 Å². The molecule has 0 fully saturated rings. The monoisotopic (exact) mass is 351 g/mol. The van der Waals surface area contributed by atoms with Crippen molar-refractivity contribution in [1.29, 1.82) is 0 Å². The number of aromatic nitrogens is 2. The first-order valence-electron chi connectivity index (χ1n) is 6.18. The van der Waals surface area contributed by atoms with Crippen LogP contribution in [0, 0.1) is 0 Å². The number of benzene rings is 1. The summed E-state index contributed by atoms with van der Waals surface area (Å²) in [5, 5.41) is 8.80. The lowest BCUT2D eigenvalue weighted by molar-refractivity contribution is -0.144. The maximum absolute atomic E-state index is 10.7. The van der Waals surface area contributed by atoms with E-state index in [9.17, 15) is 4.79 Å². The van der Waals surface area contributed by atoms with Crippen LogP contribution in [-0.2, 0) is 4.79 Å². The fraction of sp³-hybridized carbons (Fsp3) is 0.214. The zero-order valence-corrected chi connectivity index (χ0v) is 13.1. The second-order valence-corrected chi connectivity index (χ2v) is 5.27. The van der Waals surface area contributed by atoms with Crippen molar-refractivity contribution in [2.45, 2.75) is 13.0 Å². The van der Waals surface area contributed by atoms with Gasteiger partial charge in [0.15, 0.2) is 6.10 Å². The first-order chi connectivity index (χ1) is 9.97. The molecule has 0 saturated heterocycles. The molecule has 2 aromatic rings. The van der Waals surface area contributed by atoms with Crippen LogP contribution in [0.3, 0.4) is 0 Å². The zero-order chi connectivity index (χ0) is 15.4. The lowest BCUT2D eigenvalue weighted by Crippen LogP contribution is -2.22. The van der Waals surface area contributed by atoms with Crippen LogP contribution in [0.4, 0.5) is 11.6 Å². The smallest absolute Gasteiger partial charge is 0.344 e. The lowest BCUT2D eigenvalue weighted by Gasteiger charge is -2.17. The van der Waals surface area contributed by atoms with E-state index in [0.717, 1.165) is 10.2 Å². The van der Waals surface area contributed by atoms with Crippen LogP contribution in [-0.4, -0.2) is 34.2 Å². The van der Waals surface area contributed by atoms with E-state index in [0.29, 0.717) is 11.7 Å². The van der Waals surface area contributed by atoms with Crippen LogP contribution in [0.15, 0.2) is 41.1 Å². The van der Waals surface area contributed by atoms with Crippen molar-refractivity contribution in [2.75, 3.05) is 11.9 Å². The minimum Gasteiger partial charge on any atom is -0.479 e. The molecule has 1 aromatic heterocycles. The van der Waals surface area contributed by atoms with Crippen LogP contribution in [0.2, 0.25) is 0 Å². The minimum atomic E-state index is -1.00. The first-order valence-corrected chi connectivity index (χ1v) is 6.97. The molecule has 0 spiro atoms. The van der Waals surface area contributed by atoms with Gasteiger partial charge in [0, 0.05) is 25.1 Å². The average Bonchev–Trinajstić information content (AvgIpc) is 2.48. The van der Waals surface area contributed by atoms with Gasteiger partial charge in [-0.25, -0.2) is 14.8 Å². The number of rotatable bonds is 5. The number of carboxylic acid groups (broad SMARTS) is 1. The summed E-state index contributed by atoms with van der Waals surface area (Å²) in [6.07, 6.45) is 2.46. The lowest BCUT2D eigenvalue weighted by atomic mass is 10.3. The van der Waals surface area contributed by atoms with Crippen molar-refractivity contribution < 1.29 is 14.6 Å². The zero-order valence-electron chi connectivity index (χ0n) is 11.5. The highest BCUT2D eigenvalue weighted by atomic mass is 79.9. The number of carboxylic acids is 1. The Morgan fingerprint density at radius 3 is 2.38 bits per heavy atom. The standard InChI is InChI=1S/C14H14BrN3O3/c1-9(13(19)20)21-12-5-3-11(4-6-12)18(2)14-16-7-10(15)8-17-14/h3-9H,1-2H3,(H,19,20). The van der Waals surface area contributed by atoms with Crippen molar-refractivity contribution in [2.24, 2.45) is 0 Å². The molecular formula is C14H14BrN3O3. The van der Waals surface area contributed by atoms with Crippen molar-refractivity contribution in [1.82, 2.24) is 9.97 Å². The molecule has 0 aliphatic heterocycles. The second-order valence-electron chi connectivity index (χ2n) is 4.35. The molecule has 0 aliphatic carbocycles. The van der Waals surface area contributed by atoms with Gasteiger partial charge in [-0.15, -0.1) is 0 Å². The molecule has 0 radical (unpaired) electrons. The van der Waals surface area contributed by atoms with E-state index in [2.05, 4.69) is 25.9 Å².